The molecule has 0 aromatic carbocycles. The Kier molecular flexibility index (Phi) is 6.55. The molecule has 1 aliphatic carbocycles. The molecule has 0 radical (unpaired) electrons. The Hall–Kier alpha value is -0.0800. The van der Waals surface area contributed by atoms with E-state index in [9.17, 15) is 0 Å². The normalized spacial score (nSPS) is 28.0. The zero-order chi connectivity index (χ0) is 15.3. The second kappa shape index (κ2) is 7.97. The van der Waals surface area contributed by atoms with Crippen LogP contribution in [0.25, 0.3) is 0 Å². The quantitative estimate of drug-likeness (QED) is 0.666. The lowest BCUT2D eigenvalue weighted by Gasteiger charge is -2.45. The third kappa shape index (κ3) is 5.56. The fourth-order valence-electron chi connectivity index (χ4n) is 3.70. The molecule has 2 aliphatic rings. The number of hydrogen-bond acceptors (Lipinski definition) is 2. The van der Waals surface area contributed by atoms with Gasteiger partial charge in [-0.05, 0) is 37.1 Å². The topological polar surface area (TPSA) is 15.3 Å². The van der Waals surface area contributed by atoms with Gasteiger partial charge in [0.2, 0.25) is 0 Å². The van der Waals surface area contributed by atoms with Gasteiger partial charge in [0.15, 0.2) is 0 Å². The van der Waals surface area contributed by atoms with E-state index in [0.29, 0.717) is 11.5 Å². The monoisotopic (exact) mass is 294 g/mol. The largest absolute Gasteiger partial charge is 0.311 e. The lowest BCUT2D eigenvalue weighted by molar-refractivity contribution is 0.0734. The average Bonchev–Trinajstić information content (AvgIpc) is 3.26. The number of nitrogens with one attached hydrogen (secondary N) is 1. The van der Waals surface area contributed by atoms with E-state index in [0.717, 1.165) is 12.0 Å². The standard InChI is InChI=1S/C19H38N2/c1-5-6-7-8-9-10-13-21-15-18(19(2,3)4)20-14-17(21)16-11-12-16/h16-18,20H,5-15H2,1-4H3. The van der Waals surface area contributed by atoms with Crippen LogP contribution in [0.15, 0.2) is 0 Å². The molecule has 124 valence electrons. The highest BCUT2D eigenvalue weighted by molar-refractivity contribution is 4.97. The van der Waals surface area contributed by atoms with Crippen molar-refractivity contribution in [2.75, 3.05) is 19.6 Å². The zero-order valence-corrected chi connectivity index (χ0v) is 15.0. The second-order valence-corrected chi connectivity index (χ2v) is 8.49. The van der Waals surface area contributed by atoms with Crippen molar-refractivity contribution < 1.29 is 0 Å². The zero-order valence-electron chi connectivity index (χ0n) is 15.0. The van der Waals surface area contributed by atoms with Crippen LogP contribution in [-0.4, -0.2) is 36.6 Å². The summed E-state index contributed by atoms with van der Waals surface area (Å²) in [5.74, 6) is 0.999. The van der Waals surface area contributed by atoms with Crippen LogP contribution in [0, 0.1) is 11.3 Å². The molecule has 0 spiro atoms. The molecule has 1 aliphatic heterocycles. The maximum Gasteiger partial charge on any atom is 0.0249 e. The molecule has 2 heteroatoms. The van der Waals surface area contributed by atoms with E-state index in [1.165, 1.54) is 71.0 Å². The molecule has 2 nitrogen and oxygen atoms in total. The molecule has 1 saturated heterocycles. The van der Waals surface area contributed by atoms with E-state index in [-0.39, 0.29) is 0 Å². The minimum Gasteiger partial charge on any atom is -0.311 e. The van der Waals surface area contributed by atoms with E-state index in [2.05, 4.69) is 37.9 Å². The molecule has 2 rings (SSSR count). The van der Waals surface area contributed by atoms with Crippen LogP contribution in [0.2, 0.25) is 0 Å². The smallest absolute Gasteiger partial charge is 0.0249 e. The van der Waals surface area contributed by atoms with Gasteiger partial charge in [-0.25, -0.2) is 0 Å². The summed E-state index contributed by atoms with van der Waals surface area (Å²) < 4.78 is 0. The van der Waals surface area contributed by atoms with Gasteiger partial charge in [-0.3, -0.25) is 4.90 Å². The highest BCUT2D eigenvalue weighted by Gasteiger charge is 2.40. The lowest BCUT2D eigenvalue weighted by atomic mass is 9.84. The second-order valence-electron chi connectivity index (χ2n) is 8.49. The SMILES string of the molecule is CCCCCCCCN1CC(C(C)(C)C)NCC1C1CC1. The molecule has 0 aromatic heterocycles. The predicted molar refractivity (Wildman–Crippen MR) is 92.7 cm³/mol. The molecule has 21 heavy (non-hydrogen) atoms. The first kappa shape index (κ1) is 17.3. The molecule has 1 saturated carbocycles. The van der Waals surface area contributed by atoms with Crippen molar-refractivity contribution in [2.45, 2.75) is 91.1 Å². The molecule has 2 atom stereocenters. The summed E-state index contributed by atoms with van der Waals surface area (Å²) in [5, 5.41) is 3.84. The Labute approximate surface area is 133 Å². The number of nitrogens with zero attached hydrogens (tertiary/aromatic N) is 1. The van der Waals surface area contributed by atoms with Gasteiger partial charge in [0.25, 0.3) is 0 Å². The summed E-state index contributed by atoms with van der Waals surface area (Å²) in [6.07, 6.45) is 11.4. The Balaban J connectivity index is 1.75. The van der Waals surface area contributed by atoms with E-state index >= 15 is 0 Å². The fourth-order valence-corrected chi connectivity index (χ4v) is 3.70. The van der Waals surface area contributed by atoms with Crippen molar-refractivity contribution >= 4 is 0 Å². The molecule has 0 amide bonds. The molecule has 2 fully saturated rings. The summed E-state index contributed by atoms with van der Waals surface area (Å²) in [6.45, 7) is 13.3. The van der Waals surface area contributed by atoms with Crippen LogP contribution < -0.4 is 5.32 Å². The van der Waals surface area contributed by atoms with Crippen LogP contribution in [-0.2, 0) is 0 Å². The maximum atomic E-state index is 3.84. The van der Waals surface area contributed by atoms with Crippen molar-refractivity contribution in [2.24, 2.45) is 11.3 Å². The van der Waals surface area contributed by atoms with E-state index in [4.69, 9.17) is 0 Å². The summed E-state index contributed by atoms with van der Waals surface area (Å²) in [6, 6.07) is 1.49. The van der Waals surface area contributed by atoms with Crippen LogP contribution in [0.5, 0.6) is 0 Å². The highest BCUT2D eigenvalue weighted by atomic mass is 15.2. The van der Waals surface area contributed by atoms with Crippen LogP contribution >= 0.6 is 0 Å². The fraction of sp³-hybridized carbons (Fsp3) is 1.00. The number of hydrogen-bond donors (Lipinski definition) is 1. The van der Waals surface area contributed by atoms with Gasteiger partial charge in [0, 0.05) is 25.2 Å². The van der Waals surface area contributed by atoms with Gasteiger partial charge in [0.05, 0.1) is 0 Å². The summed E-state index contributed by atoms with van der Waals surface area (Å²) in [7, 11) is 0. The van der Waals surface area contributed by atoms with E-state index in [1.807, 2.05) is 0 Å². The predicted octanol–water partition coefficient (Wildman–Crippen LogP) is 4.45. The Bertz CT molecular complexity index is 290. The third-order valence-electron chi connectivity index (χ3n) is 5.47. The third-order valence-corrected chi connectivity index (χ3v) is 5.47. The minimum absolute atomic E-state index is 0.383. The van der Waals surface area contributed by atoms with Gasteiger partial charge in [-0.2, -0.15) is 0 Å². The number of rotatable bonds is 8. The van der Waals surface area contributed by atoms with Crippen molar-refractivity contribution in [3.63, 3.8) is 0 Å². The first-order chi connectivity index (χ1) is 10.0. The molecule has 1 N–H and O–H groups in total. The summed E-state index contributed by atoms with van der Waals surface area (Å²) >= 11 is 0. The molecule has 1 heterocycles. The Morgan fingerprint density at radius 3 is 2.29 bits per heavy atom. The molecule has 0 aromatic rings. The maximum absolute atomic E-state index is 3.84. The average molecular weight is 295 g/mol. The Morgan fingerprint density at radius 1 is 1.00 bits per heavy atom. The van der Waals surface area contributed by atoms with Gasteiger partial charge < -0.3 is 5.32 Å². The van der Waals surface area contributed by atoms with Crippen LogP contribution in [0.4, 0.5) is 0 Å². The molecule has 2 unspecified atom stereocenters. The molecule has 0 bridgehead atoms. The Morgan fingerprint density at radius 2 is 1.67 bits per heavy atom. The van der Waals surface area contributed by atoms with Crippen molar-refractivity contribution in [1.82, 2.24) is 10.2 Å². The highest BCUT2D eigenvalue weighted by Crippen LogP contribution is 2.37. The number of unbranched alkanes of at least 4 members (excludes halogenated alkanes) is 5. The number of piperazine rings is 1. The van der Waals surface area contributed by atoms with Gasteiger partial charge in [-0.1, -0.05) is 59.8 Å². The molecular formula is C19H38N2. The summed E-state index contributed by atoms with van der Waals surface area (Å²) in [5.41, 5.74) is 0.383. The van der Waals surface area contributed by atoms with Crippen LogP contribution in [0.3, 0.4) is 0 Å². The van der Waals surface area contributed by atoms with Crippen molar-refractivity contribution in [3.05, 3.63) is 0 Å². The first-order valence-corrected chi connectivity index (χ1v) is 9.49. The van der Waals surface area contributed by atoms with E-state index < -0.39 is 0 Å². The lowest BCUT2D eigenvalue weighted by Crippen LogP contribution is -2.61. The van der Waals surface area contributed by atoms with Crippen molar-refractivity contribution in [3.8, 4) is 0 Å². The van der Waals surface area contributed by atoms with Gasteiger partial charge in [0.1, 0.15) is 0 Å². The van der Waals surface area contributed by atoms with E-state index in [1.54, 1.807) is 0 Å². The van der Waals surface area contributed by atoms with Crippen molar-refractivity contribution in [1.29, 1.82) is 0 Å². The molecular weight excluding hydrogens is 256 g/mol. The van der Waals surface area contributed by atoms with Crippen LogP contribution in [0.1, 0.15) is 79.1 Å². The first-order valence-electron chi connectivity index (χ1n) is 9.49. The van der Waals surface area contributed by atoms with Gasteiger partial charge >= 0.3 is 0 Å². The summed E-state index contributed by atoms with van der Waals surface area (Å²) in [4.78, 5) is 2.84. The minimum atomic E-state index is 0.383. The van der Waals surface area contributed by atoms with Gasteiger partial charge in [-0.15, -0.1) is 0 Å².